The van der Waals surface area contributed by atoms with Gasteiger partial charge in [-0.05, 0) is 52.0 Å². The predicted octanol–water partition coefficient (Wildman–Crippen LogP) is 4.73. The van der Waals surface area contributed by atoms with E-state index in [4.69, 9.17) is 23.3 Å². The number of rotatable bonds is 9. The SMILES string of the molecule is Cc1ncn([C@@H]2O[C@H](CN(C)C(=O)CP(=O)(Oc3ccccc3)Oc3ccccc3)[C@H]3OC(C)(C)O[C@H]32)c1C. The zero-order valence-corrected chi connectivity index (χ0v) is 23.6. The van der Waals surface area contributed by atoms with Gasteiger partial charge in [-0.3, -0.25) is 4.79 Å². The number of aromatic nitrogens is 2. The number of hydrogen-bond donors (Lipinski definition) is 0. The summed E-state index contributed by atoms with van der Waals surface area (Å²) >= 11 is 0. The Kier molecular flexibility index (Phi) is 7.57. The molecule has 0 unspecified atom stereocenters. The van der Waals surface area contributed by atoms with E-state index >= 15 is 0 Å². The molecule has 0 bridgehead atoms. The van der Waals surface area contributed by atoms with Gasteiger partial charge in [0.15, 0.2) is 18.2 Å². The van der Waals surface area contributed by atoms with E-state index in [1.165, 1.54) is 4.90 Å². The fraction of sp³-hybridized carbons (Fsp3) is 0.429. The Bertz CT molecular complexity index is 1300. The maximum Gasteiger partial charge on any atom is 0.440 e. The average Bonchev–Trinajstić information content (AvgIpc) is 3.50. The van der Waals surface area contributed by atoms with Crippen LogP contribution in [0.1, 0.15) is 31.5 Å². The van der Waals surface area contributed by atoms with Gasteiger partial charge in [0.05, 0.1) is 12.0 Å². The summed E-state index contributed by atoms with van der Waals surface area (Å²) in [6, 6.07) is 17.3. The van der Waals surface area contributed by atoms with Crippen LogP contribution in [0.25, 0.3) is 0 Å². The molecule has 3 aromatic rings. The molecule has 1 amide bonds. The number of benzene rings is 2. The highest BCUT2D eigenvalue weighted by molar-refractivity contribution is 7.55. The molecular weight excluding hydrogens is 521 g/mol. The Balaban J connectivity index is 1.32. The van der Waals surface area contributed by atoms with Gasteiger partial charge in [-0.2, -0.15) is 0 Å². The lowest BCUT2D eigenvalue weighted by Crippen LogP contribution is -2.42. The van der Waals surface area contributed by atoms with Crippen molar-refractivity contribution in [3.63, 3.8) is 0 Å². The van der Waals surface area contributed by atoms with Crippen molar-refractivity contribution >= 4 is 13.5 Å². The van der Waals surface area contributed by atoms with E-state index in [-0.39, 0.29) is 12.6 Å². The number of amides is 1. The Morgan fingerprint density at radius 3 is 2.10 bits per heavy atom. The monoisotopic (exact) mass is 555 g/mol. The third-order valence-electron chi connectivity index (χ3n) is 6.87. The van der Waals surface area contributed by atoms with Gasteiger partial charge in [-0.15, -0.1) is 0 Å². The molecule has 4 atom stereocenters. The number of carbonyl (C=O) groups is 1. The Labute approximate surface area is 228 Å². The molecule has 2 saturated heterocycles. The summed E-state index contributed by atoms with van der Waals surface area (Å²) < 4.78 is 46.2. The van der Waals surface area contributed by atoms with E-state index in [0.717, 1.165) is 11.4 Å². The molecule has 11 heteroatoms. The van der Waals surface area contributed by atoms with Gasteiger partial charge in [0.1, 0.15) is 29.8 Å². The lowest BCUT2D eigenvalue weighted by atomic mass is 10.1. The van der Waals surface area contributed by atoms with E-state index < -0.39 is 43.9 Å². The van der Waals surface area contributed by atoms with Crippen LogP contribution in [0.2, 0.25) is 0 Å². The number of aryl methyl sites for hydroxylation is 1. The third-order valence-corrected chi connectivity index (χ3v) is 8.51. The summed E-state index contributed by atoms with van der Waals surface area (Å²) in [5.74, 6) is -0.519. The summed E-state index contributed by atoms with van der Waals surface area (Å²) in [4.78, 5) is 19.3. The highest BCUT2D eigenvalue weighted by Crippen LogP contribution is 2.49. The normalized spacial score (nSPS) is 23.8. The van der Waals surface area contributed by atoms with Crippen molar-refractivity contribution in [2.45, 2.75) is 58.0 Å². The average molecular weight is 556 g/mol. The molecule has 0 saturated carbocycles. The van der Waals surface area contributed by atoms with Gasteiger partial charge in [-0.25, -0.2) is 9.55 Å². The van der Waals surface area contributed by atoms with Crippen LogP contribution < -0.4 is 9.05 Å². The van der Waals surface area contributed by atoms with E-state index in [9.17, 15) is 9.36 Å². The maximum absolute atomic E-state index is 13.9. The minimum absolute atomic E-state index is 0.194. The van der Waals surface area contributed by atoms with Crippen LogP contribution in [0.5, 0.6) is 11.5 Å². The largest absolute Gasteiger partial charge is 0.440 e. The smallest absolute Gasteiger partial charge is 0.416 e. The van der Waals surface area contributed by atoms with E-state index in [2.05, 4.69) is 4.98 Å². The van der Waals surface area contributed by atoms with Gasteiger partial charge in [-0.1, -0.05) is 36.4 Å². The third kappa shape index (κ3) is 6.04. The molecule has 2 aromatic carbocycles. The molecule has 208 valence electrons. The van der Waals surface area contributed by atoms with E-state index in [1.54, 1.807) is 61.9 Å². The highest BCUT2D eigenvalue weighted by Gasteiger charge is 2.56. The Morgan fingerprint density at radius 1 is 1.00 bits per heavy atom. The van der Waals surface area contributed by atoms with Crippen molar-refractivity contribution in [2.75, 3.05) is 19.8 Å². The Morgan fingerprint density at radius 2 is 1.56 bits per heavy atom. The molecule has 2 aliphatic rings. The first kappa shape index (κ1) is 27.4. The van der Waals surface area contributed by atoms with Crippen molar-refractivity contribution in [1.82, 2.24) is 14.5 Å². The van der Waals surface area contributed by atoms with Crippen LogP contribution in [0.15, 0.2) is 67.0 Å². The fourth-order valence-electron chi connectivity index (χ4n) is 4.83. The van der Waals surface area contributed by atoms with Crippen LogP contribution >= 0.6 is 7.60 Å². The molecule has 1 aromatic heterocycles. The van der Waals surface area contributed by atoms with Crippen molar-refractivity contribution in [3.8, 4) is 11.5 Å². The number of fused-ring (bicyclic) bond motifs is 1. The summed E-state index contributed by atoms with van der Waals surface area (Å²) in [5.41, 5.74) is 1.87. The van der Waals surface area contributed by atoms with Gasteiger partial charge in [0.25, 0.3) is 0 Å². The summed E-state index contributed by atoms with van der Waals surface area (Å²) in [5, 5.41) is 0. The Hall–Kier alpha value is -3.17. The van der Waals surface area contributed by atoms with Crippen LogP contribution in [-0.4, -0.2) is 64.2 Å². The van der Waals surface area contributed by atoms with Crippen molar-refractivity contribution in [3.05, 3.63) is 78.4 Å². The molecule has 0 spiro atoms. The first-order valence-electron chi connectivity index (χ1n) is 12.9. The standard InChI is InChI=1S/C28H34N3O7P/c1-19-20(2)31(18-29-19)27-26-25(35-28(3,4)36-26)23(34-27)16-30(5)24(32)17-39(33,37-21-12-8-6-9-13-21)38-22-14-10-7-11-15-22/h6-15,18,23,25-27H,16-17H2,1-5H3/t23-,25-,26-,27-/m1/s1. The van der Waals surface area contributed by atoms with Crippen molar-refractivity contribution in [2.24, 2.45) is 0 Å². The maximum atomic E-state index is 13.9. The van der Waals surface area contributed by atoms with Crippen LogP contribution in [0, 0.1) is 13.8 Å². The molecule has 2 fully saturated rings. The van der Waals surface area contributed by atoms with Crippen molar-refractivity contribution in [1.29, 1.82) is 0 Å². The molecule has 3 heterocycles. The topological polar surface area (TPSA) is 101 Å². The molecule has 5 rings (SSSR count). The summed E-state index contributed by atoms with van der Waals surface area (Å²) in [6.07, 6.45) is -0.455. The number of nitrogens with zero attached hydrogens (tertiary/aromatic N) is 3. The highest BCUT2D eigenvalue weighted by atomic mass is 31.2. The second-order valence-electron chi connectivity index (χ2n) is 10.3. The van der Waals surface area contributed by atoms with Crippen molar-refractivity contribution < 1.29 is 32.6 Å². The molecular formula is C28H34N3O7P. The lowest BCUT2D eigenvalue weighted by molar-refractivity contribution is -0.198. The first-order valence-corrected chi connectivity index (χ1v) is 14.6. The first-order chi connectivity index (χ1) is 18.5. The van der Waals surface area contributed by atoms with E-state index in [1.807, 2.05) is 44.4 Å². The quantitative estimate of drug-likeness (QED) is 0.350. The zero-order valence-electron chi connectivity index (χ0n) is 22.7. The number of ether oxygens (including phenoxy) is 3. The summed E-state index contributed by atoms with van der Waals surface area (Å²) in [6.45, 7) is 7.82. The molecule has 10 nitrogen and oxygen atoms in total. The number of imidazole rings is 1. The van der Waals surface area contributed by atoms with E-state index in [0.29, 0.717) is 11.5 Å². The van der Waals surface area contributed by atoms with Gasteiger partial charge in [0.2, 0.25) is 5.91 Å². The molecule has 0 aliphatic carbocycles. The van der Waals surface area contributed by atoms with Crippen LogP contribution in [-0.2, 0) is 23.6 Å². The second-order valence-corrected chi connectivity index (χ2v) is 12.2. The van der Waals surface area contributed by atoms with Crippen LogP contribution in [0.3, 0.4) is 0 Å². The molecule has 39 heavy (non-hydrogen) atoms. The number of para-hydroxylation sites is 2. The molecule has 2 aliphatic heterocycles. The number of likely N-dealkylation sites (N-methyl/N-ethyl adjacent to an activating group) is 1. The number of carbonyl (C=O) groups excluding carboxylic acids is 1. The minimum Gasteiger partial charge on any atom is -0.416 e. The van der Waals surface area contributed by atoms with Gasteiger partial charge < -0.3 is 32.7 Å². The summed E-state index contributed by atoms with van der Waals surface area (Å²) in [7, 11) is -2.29. The number of hydrogen-bond acceptors (Lipinski definition) is 8. The fourth-order valence-corrected chi connectivity index (χ4v) is 6.45. The lowest BCUT2D eigenvalue weighted by Gasteiger charge is -2.28. The van der Waals surface area contributed by atoms with Gasteiger partial charge >= 0.3 is 7.60 Å². The predicted molar refractivity (Wildman–Crippen MR) is 144 cm³/mol. The minimum atomic E-state index is -3.92. The van der Waals surface area contributed by atoms with Gasteiger partial charge in [0, 0.05) is 19.3 Å². The molecule has 0 N–H and O–H groups in total. The molecule has 0 radical (unpaired) electrons. The second kappa shape index (κ2) is 10.8. The zero-order chi connectivity index (χ0) is 27.8. The van der Waals surface area contributed by atoms with Crippen LogP contribution in [0.4, 0.5) is 0 Å².